The van der Waals surface area contributed by atoms with Crippen LogP contribution in [-0.4, -0.2) is 47.8 Å². The molecular formula is C15H22F8OS2Si. The highest BCUT2D eigenvalue weighted by Crippen LogP contribution is 2.63. The Morgan fingerprint density at radius 1 is 1.19 bits per heavy atom. The Morgan fingerprint density at radius 3 is 2.19 bits per heavy atom. The topological polar surface area (TPSA) is 9.23 Å². The summed E-state index contributed by atoms with van der Waals surface area (Å²) in [6, 6.07) is 0. The largest absolute Gasteiger partial charge is 0.402 e. The average Bonchev–Trinajstić information content (AvgIpc) is 2.50. The van der Waals surface area contributed by atoms with Gasteiger partial charge < -0.3 is 4.43 Å². The van der Waals surface area contributed by atoms with E-state index in [1.54, 1.807) is 26.6 Å². The monoisotopic (exact) mass is 462 g/mol. The molecule has 27 heavy (non-hydrogen) atoms. The molecule has 0 spiro atoms. The summed E-state index contributed by atoms with van der Waals surface area (Å²) in [5.74, 6) is -17.9. The van der Waals surface area contributed by atoms with Crippen LogP contribution in [0.3, 0.4) is 0 Å². The smallest absolute Gasteiger partial charge is 0.380 e. The fraction of sp³-hybridized carbons (Fsp3) is 0.867. The van der Waals surface area contributed by atoms with Crippen molar-refractivity contribution in [2.75, 3.05) is 5.75 Å². The van der Waals surface area contributed by atoms with Crippen LogP contribution in [0.15, 0.2) is 12.2 Å². The molecule has 1 heterocycles. The van der Waals surface area contributed by atoms with Crippen molar-refractivity contribution in [2.45, 2.75) is 73.1 Å². The molecule has 2 unspecified atom stereocenters. The highest BCUT2D eigenvalue weighted by atomic mass is 32.2. The van der Waals surface area contributed by atoms with Gasteiger partial charge in [-0.3, -0.25) is 0 Å². The summed E-state index contributed by atoms with van der Waals surface area (Å²) in [7, 11) is -2.28. The number of thioether (sulfide) groups is 2. The summed E-state index contributed by atoms with van der Waals surface area (Å²) >= 11 is 0.663. The standard InChI is InChI=1S/C15H22F8OS2Si/c1-5-9-25-12(8-6-7-10(26-12)24-27(2,3)4)14(20,21)15(22,23)13(18,19)11(16)17/h6-7,10-11H,5,8-9H2,1-4H3. The Balaban J connectivity index is 3.38. The number of allylic oxidation sites excluding steroid dienone is 1. The van der Waals surface area contributed by atoms with Crippen LogP contribution in [0.5, 0.6) is 0 Å². The van der Waals surface area contributed by atoms with E-state index in [9.17, 15) is 35.1 Å². The van der Waals surface area contributed by atoms with Gasteiger partial charge in [-0.05, 0) is 38.2 Å². The maximum absolute atomic E-state index is 14.8. The van der Waals surface area contributed by atoms with Crippen molar-refractivity contribution < 1.29 is 39.5 Å². The summed E-state index contributed by atoms with van der Waals surface area (Å²) in [6.45, 7) is 6.84. The van der Waals surface area contributed by atoms with Crippen LogP contribution in [-0.2, 0) is 4.43 Å². The third-order valence-electron chi connectivity index (χ3n) is 3.56. The Hall–Kier alpha value is 0.0569. The zero-order valence-corrected chi connectivity index (χ0v) is 17.8. The first-order valence-corrected chi connectivity index (χ1v) is 13.4. The van der Waals surface area contributed by atoms with Gasteiger partial charge in [0.05, 0.1) is 0 Å². The lowest BCUT2D eigenvalue weighted by Gasteiger charge is -2.46. The average molecular weight is 463 g/mol. The van der Waals surface area contributed by atoms with Crippen molar-refractivity contribution in [1.82, 2.24) is 0 Å². The molecule has 0 radical (unpaired) electrons. The summed E-state index contributed by atoms with van der Waals surface area (Å²) in [4.78, 5) is 0. The molecule has 0 aromatic carbocycles. The van der Waals surface area contributed by atoms with E-state index in [4.69, 9.17) is 4.43 Å². The lowest BCUT2D eigenvalue weighted by atomic mass is 9.98. The molecule has 0 amide bonds. The number of hydrogen-bond acceptors (Lipinski definition) is 3. The highest BCUT2D eigenvalue weighted by Gasteiger charge is 2.81. The van der Waals surface area contributed by atoms with Gasteiger partial charge in [0.1, 0.15) is 9.52 Å². The van der Waals surface area contributed by atoms with Crippen molar-refractivity contribution in [3.05, 3.63) is 12.2 Å². The molecule has 1 aliphatic rings. The van der Waals surface area contributed by atoms with Crippen LogP contribution >= 0.6 is 23.5 Å². The van der Waals surface area contributed by atoms with Gasteiger partial charge in [-0.15, -0.1) is 23.5 Å². The Morgan fingerprint density at radius 2 is 1.74 bits per heavy atom. The lowest BCUT2D eigenvalue weighted by Crippen LogP contribution is -2.65. The van der Waals surface area contributed by atoms with Gasteiger partial charge in [-0.25, -0.2) is 8.78 Å². The third kappa shape index (κ3) is 4.97. The van der Waals surface area contributed by atoms with Crippen LogP contribution in [0.4, 0.5) is 35.1 Å². The fourth-order valence-electron chi connectivity index (χ4n) is 2.26. The molecule has 0 fully saturated rings. The second-order valence-electron chi connectivity index (χ2n) is 7.02. The van der Waals surface area contributed by atoms with Crippen LogP contribution in [0, 0.1) is 0 Å². The lowest BCUT2D eigenvalue weighted by molar-refractivity contribution is -0.340. The van der Waals surface area contributed by atoms with Crippen molar-refractivity contribution in [3.8, 4) is 0 Å². The van der Waals surface area contributed by atoms with Gasteiger partial charge in [0.15, 0.2) is 8.32 Å². The molecule has 0 bridgehead atoms. The summed E-state index contributed by atoms with van der Waals surface area (Å²) in [5, 5.41) is 0. The molecule has 0 N–H and O–H groups in total. The van der Waals surface area contributed by atoms with Gasteiger partial charge >= 0.3 is 24.2 Å². The first kappa shape index (κ1) is 25.1. The van der Waals surface area contributed by atoms with E-state index in [1.807, 2.05) is 0 Å². The van der Waals surface area contributed by atoms with Crippen molar-refractivity contribution in [2.24, 2.45) is 0 Å². The maximum Gasteiger partial charge on any atom is 0.380 e. The molecule has 0 aliphatic carbocycles. The van der Waals surface area contributed by atoms with E-state index >= 15 is 0 Å². The summed E-state index contributed by atoms with van der Waals surface area (Å²) in [6.07, 6.45) is -2.75. The highest BCUT2D eigenvalue weighted by molar-refractivity contribution is 8.18. The van der Waals surface area contributed by atoms with E-state index in [1.165, 1.54) is 6.08 Å². The molecular weight excluding hydrogens is 440 g/mol. The van der Waals surface area contributed by atoms with Crippen LogP contribution in [0.2, 0.25) is 19.6 Å². The van der Waals surface area contributed by atoms with E-state index in [-0.39, 0.29) is 17.5 Å². The van der Waals surface area contributed by atoms with Gasteiger partial charge in [-0.2, -0.15) is 26.3 Å². The van der Waals surface area contributed by atoms with Crippen molar-refractivity contribution >= 4 is 31.8 Å². The first-order chi connectivity index (χ1) is 12.0. The van der Waals surface area contributed by atoms with E-state index < -0.39 is 48.4 Å². The van der Waals surface area contributed by atoms with Crippen molar-refractivity contribution in [1.29, 1.82) is 0 Å². The molecule has 2 atom stereocenters. The Kier molecular flexibility index (Phi) is 7.83. The first-order valence-electron chi connectivity index (χ1n) is 8.12. The second-order valence-corrected chi connectivity index (χ2v) is 14.5. The normalized spacial score (nSPS) is 25.3. The predicted octanol–water partition coefficient (Wildman–Crippen LogP) is 6.87. The van der Waals surface area contributed by atoms with Gasteiger partial charge in [0.25, 0.3) is 0 Å². The minimum Gasteiger partial charge on any atom is -0.402 e. The molecule has 0 saturated carbocycles. The molecule has 0 saturated heterocycles. The number of hydrogen-bond donors (Lipinski definition) is 0. The maximum atomic E-state index is 14.8. The van der Waals surface area contributed by atoms with Crippen LogP contribution in [0.25, 0.3) is 0 Å². The molecule has 0 aromatic heterocycles. The Bertz CT molecular complexity index is 538. The molecule has 160 valence electrons. The Labute approximate surface area is 162 Å². The van der Waals surface area contributed by atoms with Crippen LogP contribution in [0.1, 0.15) is 19.8 Å². The SMILES string of the molecule is CCCSC1(C(F)(F)C(F)(F)C(F)(F)C(F)F)CC=CC(O[Si](C)(C)C)S1. The number of rotatable bonds is 9. The van der Waals surface area contributed by atoms with Gasteiger partial charge in [-0.1, -0.05) is 19.1 Å². The fourth-order valence-corrected chi connectivity index (χ4v) is 6.99. The quantitative estimate of drug-likeness (QED) is 0.210. The van der Waals surface area contributed by atoms with Crippen LogP contribution < -0.4 is 0 Å². The zero-order chi connectivity index (χ0) is 21.3. The summed E-state index contributed by atoms with van der Waals surface area (Å²) < 4.78 is 112. The molecule has 0 aromatic rings. The van der Waals surface area contributed by atoms with Gasteiger partial charge in [0.2, 0.25) is 0 Å². The van der Waals surface area contributed by atoms with Gasteiger partial charge in [0, 0.05) is 0 Å². The minimum absolute atomic E-state index is 0.0353. The summed E-state index contributed by atoms with van der Waals surface area (Å²) in [5.41, 5.74) is -1.06. The van der Waals surface area contributed by atoms with E-state index in [2.05, 4.69) is 0 Å². The van der Waals surface area contributed by atoms with Crippen molar-refractivity contribution in [3.63, 3.8) is 0 Å². The molecule has 12 heteroatoms. The van der Waals surface area contributed by atoms with E-state index in [0.717, 1.165) is 6.08 Å². The minimum atomic E-state index is -6.24. The second kappa shape index (κ2) is 8.43. The number of alkyl halides is 8. The molecule has 1 aliphatic heterocycles. The molecule has 1 nitrogen and oxygen atoms in total. The molecule has 1 rings (SSSR count). The predicted molar refractivity (Wildman–Crippen MR) is 95.9 cm³/mol. The zero-order valence-electron chi connectivity index (χ0n) is 15.2. The van der Waals surface area contributed by atoms with E-state index in [0.29, 0.717) is 18.2 Å². The number of halogens is 8. The third-order valence-corrected chi connectivity index (χ3v) is 8.13.